The number of para-hydroxylation sites is 1. The normalized spacial score (nSPS) is 10.9. The Morgan fingerprint density at radius 3 is 2.83 bits per heavy atom. The largest absolute Gasteiger partial charge is 0.497 e. The molecule has 8 heteroatoms. The minimum Gasteiger partial charge on any atom is -0.497 e. The zero-order valence-electron chi connectivity index (χ0n) is 15.8. The lowest BCUT2D eigenvalue weighted by molar-refractivity contribution is -0.118. The van der Waals surface area contributed by atoms with Crippen molar-refractivity contribution >= 4 is 28.6 Å². The van der Waals surface area contributed by atoms with E-state index in [-0.39, 0.29) is 11.7 Å². The van der Waals surface area contributed by atoms with Crippen molar-refractivity contribution < 1.29 is 13.9 Å². The van der Waals surface area contributed by atoms with E-state index in [9.17, 15) is 4.79 Å². The second kappa shape index (κ2) is 8.83. The third-order valence-corrected chi connectivity index (χ3v) is 5.27. The molecule has 0 saturated carbocycles. The second-order valence-electron chi connectivity index (χ2n) is 6.36. The number of aromatic amines is 1. The number of aromatic nitrogens is 3. The fraction of sp³-hybridized carbons (Fsp3) is 0.190. The highest BCUT2D eigenvalue weighted by Gasteiger charge is 2.14. The van der Waals surface area contributed by atoms with Gasteiger partial charge in [0.15, 0.2) is 0 Å². The van der Waals surface area contributed by atoms with Crippen LogP contribution in [0.3, 0.4) is 0 Å². The number of benzene rings is 2. The number of rotatable bonds is 8. The van der Waals surface area contributed by atoms with Crippen LogP contribution in [0.15, 0.2) is 64.4 Å². The summed E-state index contributed by atoms with van der Waals surface area (Å²) in [6.07, 6.45) is 2.60. The van der Waals surface area contributed by atoms with E-state index in [0.29, 0.717) is 17.7 Å². The molecule has 1 amide bonds. The number of amides is 1. The van der Waals surface area contributed by atoms with Crippen LogP contribution >= 0.6 is 11.8 Å². The molecule has 0 fully saturated rings. The Bertz CT molecular complexity index is 1100. The number of thioether (sulfide) groups is 1. The van der Waals surface area contributed by atoms with Gasteiger partial charge in [-0.25, -0.2) is 0 Å². The first-order valence-corrected chi connectivity index (χ1v) is 10.1. The molecule has 0 unspecified atom stereocenters. The molecule has 2 heterocycles. The molecule has 0 aliphatic rings. The van der Waals surface area contributed by atoms with E-state index in [1.54, 1.807) is 7.11 Å². The average molecular weight is 408 g/mol. The number of hydrogen-bond acceptors (Lipinski definition) is 6. The van der Waals surface area contributed by atoms with Crippen LogP contribution in [-0.2, 0) is 11.2 Å². The van der Waals surface area contributed by atoms with Crippen LogP contribution < -0.4 is 10.1 Å². The molecule has 0 spiro atoms. The van der Waals surface area contributed by atoms with Gasteiger partial charge in [-0.3, -0.25) is 4.79 Å². The lowest BCUT2D eigenvalue weighted by atomic mass is 10.1. The first kappa shape index (κ1) is 19.1. The van der Waals surface area contributed by atoms with E-state index in [1.807, 2.05) is 54.7 Å². The van der Waals surface area contributed by atoms with Gasteiger partial charge in [-0.2, -0.15) is 0 Å². The summed E-state index contributed by atoms with van der Waals surface area (Å²) in [4.78, 5) is 15.3. The van der Waals surface area contributed by atoms with Crippen LogP contribution in [0.4, 0.5) is 0 Å². The predicted molar refractivity (Wildman–Crippen MR) is 112 cm³/mol. The Morgan fingerprint density at radius 2 is 2.00 bits per heavy atom. The van der Waals surface area contributed by atoms with Gasteiger partial charge in [-0.1, -0.05) is 42.1 Å². The number of fused-ring (bicyclic) bond motifs is 1. The van der Waals surface area contributed by atoms with E-state index in [4.69, 9.17) is 9.15 Å². The van der Waals surface area contributed by atoms with Crippen molar-refractivity contribution in [2.75, 3.05) is 19.4 Å². The standard InChI is InChI=1S/C21H20N4O3S/c1-27-15-8-6-14(7-9-15)10-11-22-19(26)13-29-21-25-24-20(28-21)17-12-23-18-5-3-2-4-16(17)18/h2-9,12,23H,10-11,13H2,1H3,(H,22,26). The lowest BCUT2D eigenvalue weighted by Crippen LogP contribution is -2.27. The van der Waals surface area contributed by atoms with Gasteiger partial charge >= 0.3 is 0 Å². The molecule has 29 heavy (non-hydrogen) atoms. The first-order chi connectivity index (χ1) is 14.2. The summed E-state index contributed by atoms with van der Waals surface area (Å²) in [5.74, 6) is 1.40. The smallest absolute Gasteiger partial charge is 0.277 e. The van der Waals surface area contributed by atoms with Crippen molar-refractivity contribution in [3.8, 4) is 17.2 Å². The number of methoxy groups -OCH3 is 1. The molecule has 4 rings (SSSR count). The number of carbonyl (C=O) groups excluding carboxylic acids is 1. The SMILES string of the molecule is COc1ccc(CCNC(=O)CSc2nnc(-c3c[nH]c4ccccc34)o2)cc1. The Hall–Kier alpha value is -3.26. The maximum atomic E-state index is 12.1. The molecular weight excluding hydrogens is 388 g/mol. The molecule has 2 aromatic carbocycles. The van der Waals surface area contributed by atoms with Gasteiger partial charge in [-0.15, -0.1) is 10.2 Å². The van der Waals surface area contributed by atoms with Crippen molar-refractivity contribution in [1.29, 1.82) is 0 Å². The van der Waals surface area contributed by atoms with Gasteiger partial charge in [0.2, 0.25) is 5.91 Å². The predicted octanol–water partition coefficient (Wildman–Crippen LogP) is 3.68. The summed E-state index contributed by atoms with van der Waals surface area (Å²) < 4.78 is 10.8. The molecule has 0 saturated heterocycles. The minimum atomic E-state index is -0.0737. The maximum Gasteiger partial charge on any atom is 0.277 e. The fourth-order valence-electron chi connectivity index (χ4n) is 2.94. The molecule has 0 atom stereocenters. The quantitative estimate of drug-likeness (QED) is 0.432. The van der Waals surface area contributed by atoms with Crippen LogP contribution in [0.5, 0.6) is 5.75 Å². The van der Waals surface area contributed by atoms with Crippen molar-refractivity contribution in [3.63, 3.8) is 0 Å². The van der Waals surface area contributed by atoms with E-state index >= 15 is 0 Å². The van der Waals surface area contributed by atoms with E-state index in [1.165, 1.54) is 11.8 Å². The molecule has 0 radical (unpaired) electrons. The summed E-state index contributed by atoms with van der Waals surface area (Å²) in [6.45, 7) is 0.566. The number of carbonyl (C=O) groups is 1. The Morgan fingerprint density at radius 1 is 1.17 bits per heavy atom. The first-order valence-electron chi connectivity index (χ1n) is 9.15. The van der Waals surface area contributed by atoms with Gasteiger partial charge < -0.3 is 19.5 Å². The Kier molecular flexibility index (Phi) is 5.81. The van der Waals surface area contributed by atoms with Crippen molar-refractivity contribution in [2.24, 2.45) is 0 Å². The number of ether oxygens (including phenoxy) is 1. The number of hydrogen-bond donors (Lipinski definition) is 2. The topological polar surface area (TPSA) is 93.0 Å². The molecule has 2 aromatic heterocycles. The zero-order valence-corrected chi connectivity index (χ0v) is 16.7. The molecule has 2 N–H and O–H groups in total. The number of nitrogens with one attached hydrogen (secondary N) is 2. The van der Waals surface area contributed by atoms with Crippen LogP contribution in [0.25, 0.3) is 22.4 Å². The summed E-state index contributed by atoms with van der Waals surface area (Å²) in [5.41, 5.74) is 2.99. The maximum absolute atomic E-state index is 12.1. The molecule has 7 nitrogen and oxygen atoms in total. The van der Waals surface area contributed by atoms with E-state index in [0.717, 1.165) is 34.2 Å². The van der Waals surface area contributed by atoms with Gasteiger partial charge in [0.05, 0.1) is 18.4 Å². The minimum absolute atomic E-state index is 0.0737. The summed E-state index contributed by atoms with van der Waals surface area (Å²) >= 11 is 1.22. The zero-order chi connectivity index (χ0) is 20.1. The monoisotopic (exact) mass is 408 g/mol. The molecule has 0 aliphatic carbocycles. The lowest BCUT2D eigenvalue weighted by Gasteiger charge is -2.05. The van der Waals surface area contributed by atoms with Crippen LogP contribution in [0, 0.1) is 0 Å². The molecular formula is C21H20N4O3S. The van der Waals surface area contributed by atoms with Crippen molar-refractivity contribution in [2.45, 2.75) is 11.6 Å². The average Bonchev–Trinajstić information content (AvgIpc) is 3.39. The summed E-state index contributed by atoms with van der Waals surface area (Å²) in [7, 11) is 1.64. The van der Waals surface area contributed by atoms with Gasteiger partial charge in [0.1, 0.15) is 5.75 Å². The van der Waals surface area contributed by atoms with Gasteiger partial charge in [0.25, 0.3) is 11.1 Å². The second-order valence-corrected chi connectivity index (χ2v) is 7.28. The van der Waals surface area contributed by atoms with Gasteiger partial charge in [-0.05, 0) is 30.2 Å². The molecule has 148 valence electrons. The molecule has 0 aliphatic heterocycles. The highest BCUT2D eigenvalue weighted by Crippen LogP contribution is 2.29. The third-order valence-electron chi connectivity index (χ3n) is 4.45. The van der Waals surface area contributed by atoms with Crippen molar-refractivity contribution in [1.82, 2.24) is 20.5 Å². The van der Waals surface area contributed by atoms with Crippen LogP contribution in [-0.4, -0.2) is 40.5 Å². The summed E-state index contributed by atoms with van der Waals surface area (Å²) in [6, 6.07) is 15.7. The number of nitrogens with zero attached hydrogens (tertiary/aromatic N) is 2. The van der Waals surface area contributed by atoms with Crippen LogP contribution in [0.1, 0.15) is 5.56 Å². The fourth-order valence-corrected chi connectivity index (χ4v) is 3.54. The van der Waals surface area contributed by atoms with E-state index < -0.39 is 0 Å². The Labute approximate surface area is 171 Å². The third kappa shape index (κ3) is 4.60. The van der Waals surface area contributed by atoms with Gasteiger partial charge in [0, 0.05) is 23.6 Å². The van der Waals surface area contributed by atoms with E-state index in [2.05, 4.69) is 20.5 Å². The molecule has 0 bridgehead atoms. The van der Waals surface area contributed by atoms with Crippen LogP contribution in [0.2, 0.25) is 0 Å². The highest BCUT2D eigenvalue weighted by molar-refractivity contribution is 7.99. The molecule has 4 aromatic rings. The summed E-state index contributed by atoms with van der Waals surface area (Å²) in [5, 5.41) is 12.4. The highest BCUT2D eigenvalue weighted by atomic mass is 32.2. The van der Waals surface area contributed by atoms with Crippen molar-refractivity contribution in [3.05, 3.63) is 60.3 Å². The number of H-pyrrole nitrogens is 1. The Balaban J connectivity index is 1.26.